The highest BCUT2D eigenvalue weighted by Gasteiger charge is 2.23. The number of hydroxylamine groups is 1. The largest absolute Gasteiger partial charge is 0.403 e. The fraction of sp³-hybridized carbons (Fsp3) is 0.250. The Labute approximate surface area is 64.2 Å². The normalized spacial score (nSPS) is 20.2. The van der Waals surface area contributed by atoms with Crippen LogP contribution in [0.3, 0.4) is 0 Å². The van der Waals surface area contributed by atoms with Crippen LogP contribution in [0.2, 0.25) is 0 Å². The lowest BCUT2D eigenvalue weighted by atomic mass is 10.3. The molecule has 1 aliphatic carbocycles. The van der Waals surface area contributed by atoms with E-state index in [2.05, 4.69) is 0 Å². The van der Waals surface area contributed by atoms with Crippen LogP contribution in [0.1, 0.15) is 0 Å². The zero-order valence-corrected chi connectivity index (χ0v) is 5.93. The van der Waals surface area contributed by atoms with Crippen molar-refractivity contribution in [2.45, 2.75) is 0 Å². The second kappa shape index (κ2) is 2.34. The molecule has 0 saturated carbocycles. The summed E-state index contributed by atoms with van der Waals surface area (Å²) in [5.74, 6) is 0.0909. The molecule has 11 heavy (non-hydrogen) atoms. The van der Waals surface area contributed by atoms with E-state index >= 15 is 0 Å². The molecule has 2 rings (SSSR count). The van der Waals surface area contributed by atoms with Crippen molar-refractivity contribution >= 4 is 12.2 Å². The third-order valence-corrected chi connectivity index (χ3v) is 1.41. The van der Waals surface area contributed by atoms with Crippen molar-refractivity contribution in [3.63, 3.8) is 0 Å². The van der Waals surface area contributed by atoms with Gasteiger partial charge in [-0.25, -0.2) is 4.79 Å². The van der Waals surface area contributed by atoms with Crippen LogP contribution in [-0.4, -0.2) is 23.5 Å². The molecule has 3 nitrogen and oxygen atoms in total. The minimum atomic E-state index is -0.299. The molecule has 0 aromatic rings. The van der Waals surface area contributed by atoms with Crippen molar-refractivity contribution in [2.24, 2.45) is 5.92 Å². The van der Waals surface area contributed by atoms with E-state index in [0.717, 1.165) is 6.54 Å². The maximum Gasteiger partial charge on any atom is 0.403 e. The van der Waals surface area contributed by atoms with Gasteiger partial charge in [0.05, 0.1) is 0 Å². The van der Waals surface area contributed by atoms with Crippen molar-refractivity contribution in [2.75, 3.05) is 6.54 Å². The lowest BCUT2D eigenvalue weighted by Crippen LogP contribution is -2.03. The molecule has 0 radical (unpaired) electrons. The van der Waals surface area contributed by atoms with Crippen LogP contribution in [0.15, 0.2) is 24.3 Å². The Morgan fingerprint density at radius 2 is 2.36 bits per heavy atom. The van der Waals surface area contributed by atoms with Gasteiger partial charge in [0.15, 0.2) is 0 Å². The molecule has 0 saturated heterocycles. The summed E-state index contributed by atoms with van der Waals surface area (Å²) >= 11 is 0. The van der Waals surface area contributed by atoms with Crippen molar-refractivity contribution in [1.82, 2.24) is 0 Å². The monoisotopic (exact) mass is 150 g/mol. The highest BCUT2D eigenvalue weighted by atomic mass is 16.7. The third kappa shape index (κ3) is 2.04. The summed E-state index contributed by atoms with van der Waals surface area (Å²) < 4.78 is 1.49. The van der Waals surface area contributed by atoms with Gasteiger partial charge in [0.2, 0.25) is 0 Å². The Balaban J connectivity index is 1.74. The van der Waals surface area contributed by atoms with Gasteiger partial charge in [0.1, 0.15) is 0 Å². The van der Waals surface area contributed by atoms with E-state index < -0.39 is 0 Å². The van der Waals surface area contributed by atoms with Gasteiger partial charge in [-0.05, 0) is 4.74 Å². The van der Waals surface area contributed by atoms with Crippen molar-refractivity contribution in [1.29, 1.82) is 0 Å². The molecular formula is C8H8NO2+. The van der Waals surface area contributed by atoms with Crippen molar-refractivity contribution in [3.05, 3.63) is 24.3 Å². The average Bonchev–Trinajstić information content (AvgIpc) is 2.80. The average molecular weight is 150 g/mol. The summed E-state index contributed by atoms with van der Waals surface area (Å²) in [6, 6.07) is 0. The van der Waals surface area contributed by atoms with Crippen LogP contribution < -0.4 is 0 Å². The van der Waals surface area contributed by atoms with Crippen LogP contribution in [0.4, 0.5) is 0 Å². The standard InChI is InChI=1S/C8H8NO2/c10-8(11-9-5-6-9)4-3-7-1-2-7/h1-5,7H,6H2/q+1/b4-3-. The van der Waals surface area contributed by atoms with Gasteiger partial charge in [-0.1, -0.05) is 18.2 Å². The Morgan fingerprint density at radius 3 is 2.91 bits per heavy atom. The second-order valence-corrected chi connectivity index (χ2v) is 2.51. The van der Waals surface area contributed by atoms with E-state index in [-0.39, 0.29) is 5.97 Å². The van der Waals surface area contributed by atoms with Crippen LogP contribution in [0.5, 0.6) is 0 Å². The number of nitrogens with zero attached hydrogens (tertiary/aromatic N) is 1. The van der Waals surface area contributed by atoms with Crippen LogP contribution in [-0.2, 0) is 9.63 Å². The zero-order valence-electron chi connectivity index (χ0n) is 5.93. The second-order valence-electron chi connectivity index (χ2n) is 2.51. The highest BCUT2D eigenvalue weighted by molar-refractivity contribution is 5.82. The number of hydrogen-bond acceptors (Lipinski definition) is 2. The zero-order chi connectivity index (χ0) is 7.68. The molecule has 0 aromatic carbocycles. The summed E-state index contributed by atoms with van der Waals surface area (Å²) in [7, 11) is 0. The molecule has 0 aromatic heterocycles. The molecule has 3 heteroatoms. The Kier molecular flexibility index (Phi) is 1.35. The smallest absolute Gasteiger partial charge is 0.239 e. The van der Waals surface area contributed by atoms with Gasteiger partial charge >= 0.3 is 5.97 Å². The first-order chi connectivity index (χ1) is 5.34. The molecule has 56 valence electrons. The first-order valence-corrected chi connectivity index (χ1v) is 3.53. The first-order valence-electron chi connectivity index (χ1n) is 3.53. The number of rotatable bonds is 3. The molecular weight excluding hydrogens is 142 g/mol. The van der Waals surface area contributed by atoms with Crippen molar-refractivity contribution < 1.29 is 14.4 Å². The Morgan fingerprint density at radius 1 is 1.64 bits per heavy atom. The molecule has 0 atom stereocenters. The van der Waals surface area contributed by atoms with Crippen LogP contribution in [0, 0.1) is 5.92 Å². The minimum Gasteiger partial charge on any atom is -0.239 e. The summed E-state index contributed by atoms with van der Waals surface area (Å²) in [5, 5.41) is 0. The van der Waals surface area contributed by atoms with Gasteiger partial charge in [0.25, 0.3) is 12.8 Å². The Hall–Kier alpha value is -1.38. The van der Waals surface area contributed by atoms with Crippen molar-refractivity contribution in [3.8, 4) is 0 Å². The maximum absolute atomic E-state index is 10.8. The van der Waals surface area contributed by atoms with E-state index in [4.69, 9.17) is 4.84 Å². The van der Waals surface area contributed by atoms with Gasteiger partial charge in [-0.2, -0.15) is 4.84 Å². The van der Waals surface area contributed by atoms with Gasteiger partial charge in [-0.3, -0.25) is 0 Å². The van der Waals surface area contributed by atoms with E-state index in [1.54, 1.807) is 6.21 Å². The summed E-state index contributed by atoms with van der Waals surface area (Å²) in [4.78, 5) is 15.6. The SMILES string of the molecule is O=C(/C=C\C1C=C1)O[N+]1=CC1. The summed E-state index contributed by atoms with van der Waals surface area (Å²) in [5.41, 5.74) is 0. The summed E-state index contributed by atoms with van der Waals surface area (Å²) in [6.45, 7) is 0.751. The van der Waals surface area contributed by atoms with Gasteiger partial charge in [0, 0.05) is 12.0 Å². The lowest BCUT2D eigenvalue weighted by Gasteiger charge is -1.84. The number of hydrogen-bond donors (Lipinski definition) is 0. The molecule has 0 N–H and O–H groups in total. The van der Waals surface area contributed by atoms with E-state index in [9.17, 15) is 4.79 Å². The van der Waals surface area contributed by atoms with Crippen LogP contribution >= 0.6 is 0 Å². The molecule has 0 fully saturated rings. The van der Waals surface area contributed by atoms with E-state index in [1.807, 2.05) is 18.2 Å². The first kappa shape index (κ1) is 6.34. The Bertz CT molecular complexity index is 270. The van der Waals surface area contributed by atoms with E-state index in [0.29, 0.717) is 5.92 Å². The topological polar surface area (TPSA) is 29.3 Å². The molecule has 0 bridgehead atoms. The molecule has 1 aliphatic heterocycles. The number of carbonyl (C=O) groups excluding carboxylic acids is 1. The van der Waals surface area contributed by atoms with Crippen LogP contribution in [0.25, 0.3) is 0 Å². The highest BCUT2D eigenvalue weighted by Crippen LogP contribution is 2.16. The molecule has 2 aliphatic rings. The lowest BCUT2D eigenvalue weighted by molar-refractivity contribution is -0.697. The fourth-order valence-electron chi connectivity index (χ4n) is 0.636. The van der Waals surface area contributed by atoms with Gasteiger partial charge < -0.3 is 0 Å². The molecule has 0 amide bonds. The van der Waals surface area contributed by atoms with Gasteiger partial charge in [-0.15, -0.1) is 0 Å². The number of carbonyl (C=O) groups is 1. The van der Waals surface area contributed by atoms with E-state index in [1.165, 1.54) is 10.8 Å². The fourth-order valence-corrected chi connectivity index (χ4v) is 0.636. The molecule has 0 spiro atoms. The quantitative estimate of drug-likeness (QED) is 0.250. The predicted molar refractivity (Wildman–Crippen MR) is 39.1 cm³/mol. The number of allylic oxidation sites excluding steroid dienone is 3. The predicted octanol–water partition coefficient (Wildman–Crippen LogP) is 0.284. The maximum atomic E-state index is 10.8. The summed E-state index contributed by atoms with van der Waals surface area (Å²) in [6.07, 6.45) is 9.07. The third-order valence-electron chi connectivity index (χ3n) is 1.41. The molecule has 0 unspecified atom stereocenters. The minimum absolute atomic E-state index is 0.299. The molecule has 1 heterocycles.